The number of thiophene rings is 1. The van der Waals surface area contributed by atoms with Gasteiger partial charge in [0.1, 0.15) is 0 Å². The van der Waals surface area contributed by atoms with E-state index < -0.39 is 0 Å². The van der Waals surface area contributed by atoms with Crippen molar-refractivity contribution in [2.75, 3.05) is 52.6 Å². The Labute approximate surface area is 141 Å². The van der Waals surface area contributed by atoms with E-state index in [1.165, 1.54) is 4.88 Å². The Hall–Kier alpha value is -1.15. The molecule has 0 aliphatic carbocycles. The van der Waals surface area contributed by atoms with E-state index in [0.29, 0.717) is 26.3 Å². The zero-order valence-corrected chi connectivity index (χ0v) is 14.4. The van der Waals surface area contributed by atoms with Gasteiger partial charge < -0.3 is 19.7 Å². The van der Waals surface area contributed by atoms with E-state index in [0.717, 1.165) is 26.3 Å². The van der Waals surface area contributed by atoms with Gasteiger partial charge in [-0.15, -0.1) is 11.3 Å². The molecule has 2 amide bonds. The van der Waals surface area contributed by atoms with Gasteiger partial charge in [0.15, 0.2) is 0 Å². The molecule has 1 aromatic rings. The van der Waals surface area contributed by atoms with Gasteiger partial charge in [-0.05, 0) is 18.4 Å². The summed E-state index contributed by atoms with van der Waals surface area (Å²) in [6.45, 7) is 7.89. The number of nitrogens with zero attached hydrogens (tertiary/aromatic N) is 2. The molecule has 2 atom stereocenters. The number of amides is 2. The lowest BCUT2D eigenvalue weighted by Crippen LogP contribution is -2.52. The third kappa shape index (κ3) is 4.23. The summed E-state index contributed by atoms with van der Waals surface area (Å²) in [5, 5.41) is 5.22. The monoisotopic (exact) mass is 339 g/mol. The zero-order chi connectivity index (χ0) is 16.1. The molecule has 0 spiro atoms. The molecule has 0 radical (unpaired) electrons. The number of urea groups is 1. The molecule has 0 bridgehead atoms. The maximum absolute atomic E-state index is 12.5. The molecule has 7 heteroatoms. The second-order valence-electron chi connectivity index (χ2n) is 5.98. The topological polar surface area (TPSA) is 54.0 Å². The molecule has 3 rings (SSSR count). The summed E-state index contributed by atoms with van der Waals surface area (Å²) in [4.78, 5) is 18.0. The van der Waals surface area contributed by atoms with Crippen molar-refractivity contribution in [3.63, 3.8) is 0 Å². The minimum atomic E-state index is 0.00983. The van der Waals surface area contributed by atoms with Crippen LogP contribution < -0.4 is 5.32 Å². The number of ether oxygens (including phenoxy) is 2. The first-order valence-electron chi connectivity index (χ1n) is 8.23. The number of nitrogens with one attached hydrogen (secondary N) is 1. The quantitative estimate of drug-likeness (QED) is 0.904. The largest absolute Gasteiger partial charge is 0.379 e. The average molecular weight is 339 g/mol. The Morgan fingerprint density at radius 2 is 2.13 bits per heavy atom. The summed E-state index contributed by atoms with van der Waals surface area (Å²) in [5.74, 6) is 0. The highest BCUT2D eigenvalue weighted by molar-refractivity contribution is 7.10. The van der Waals surface area contributed by atoms with E-state index in [9.17, 15) is 4.79 Å². The lowest BCUT2D eigenvalue weighted by molar-refractivity contribution is 0.0121. The van der Waals surface area contributed by atoms with Gasteiger partial charge in [0.05, 0.1) is 38.5 Å². The smallest absolute Gasteiger partial charge is 0.317 e. The Balaban J connectivity index is 1.60. The first kappa shape index (κ1) is 16.7. The Morgan fingerprint density at radius 1 is 1.35 bits per heavy atom. The van der Waals surface area contributed by atoms with Crippen molar-refractivity contribution in [2.24, 2.45) is 0 Å². The fourth-order valence-corrected chi connectivity index (χ4v) is 3.95. The maximum atomic E-state index is 12.5. The van der Waals surface area contributed by atoms with Crippen molar-refractivity contribution in [1.29, 1.82) is 0 Å². The molecular weight excluding hydrogens is 314 g/mol. The molecule has 128 valence electrons. The SMILES string of the molecule is CC1COCCN1C(=O)NCC(c1cccs1)N1CCOCC1. The summed E-state index contributed by atoms with van der Waals surface area (Å²) in [5.41, 5.74) is 0. The minimum Gasteiger partial charge on any atom is -0.379 e. The minimum absolute atomic E-state index is 0.00983. The highest BCUT2D eigenvalue weighted by atomic mass is 32.1. The van der Waals surface area contributed by atoms with Gasteiger partial charge in [0.25, 0.3) is 0 Å². The van der Waals surface area contributed by atoms with Crippen molar-refractivity contribution in [3.8, 4) is 0 Å². The molecular formula is C16H25N3O3S. The van der Waals surface area contributed by atoms with Crippen LogP contribution >= 0.6 is 11.3 Å². The summed E-state index contributed by atoms with van der Waals surface area (Å²) in [6, 6.07) is 4.58. The van der Waals surface area contributed by atoms with E-state index in [-0.39, 0.29) is 18.1 Å². The summed E-state index contributed by atoms with van der Waals surface area (Å²) in [6.07, 6.45) is 0. The molecule has 23 heavy (non-hydrogen) atoms. The Kier molecular flexibility index (Phi) is 5.88. The number of hydrogen-bond acceptors (Lipinski definition) is 5. The number of rotatable bonds is 4. The van der Waals surface area contributed by atoms with Crippen molar-refractivity contribution < 1.29 is 14.3 Å². The predicted octanol–water partition coefficient (Wildman–Crippen LogP) is 1.55. The zero-order valence-electron chi connectivity index (χ0n) is 13.6. The maximum Gasteiger partial charge on any atom is 0.317 e. The van der Waals surface area contributed by atoms with E-state index in [2.05, 4.69) is 27.7 Å². The molecule has 2 aliphatic heterocycles. The second kappa shape index (κ2) is 8.10. The van der Waals surface area contributed by atoms with Gasteiger partial charge in [-0.2, -0.15) is 0 Å². The third-order valence-electron chi connectivity index (χ3n) is 4.43. The van der Waals surface area contributed by atoms with Gasteiger partial charge in [-0.3, -0.25) is 4.90 Å². The van der Waals surface area contributed by atoms with Gasteiger partial charge in [0.2, 0.25) is 0 Å². The first-order valence-corrected chi connectivity index (χ1v) is 9.11. The van der Waals surface area contributed by atoms with Crippen LogP contribution in [0.3, 0.4) is 0 Å². The van der Waals surface area contributed by atoms with Crippen molar-refractivity contribution in [1.82, 2.24) is 15.1 Å². The number of hydrogen-bond donors (Lipinski definition) is 1. The van der Waals surface area contributed by atoms with E-state index in [1.54, 1.807) is 11.3 Å². The molecule has 3 heterocycles. The normalized spacial score (nSPS) is 24.4. The third-order valence-corrected chi connectivity index (χ3v) is 5.41. The van der Waals surface area contributed by atoms with Crippen LogP contribution in [0, 0.1) is 0 Å². The summed E-state index contributed by atoms with van der Waals surface area (Å²) >= 11 is 1.75. The fraction of sp³-hybridized carbons (Fsp3) is 0.688. The van der Waals surface area contributed by atoms with Gasteiger partial charge in [0, 0.05) is 31.1 Å². The van der Waals surface area contributed by atoms with Crippen LogP contribution in [-0.2, 0) is 9.47 Å². The number of carbonyl (C=O) groups is 1. The Bertz CT molecular complexity index is 491. The molecule has 2 aliphatic rings. The van der Waals surface area contributed by atoms with Crippen LogP contribution in [0.5, 0.6) is 0 Å². The summed E-state index contributed by atoms with van der Waals surface area (Å²) in [7, 11) is 0. The van der Waals surface area contributed by atoms with Crippen molar-refractivity contribution >= 4 is 17.4 Å². The molecule has 0 saturated carbocycles. The Morgan fingerprint density at radius 3 is 2.83 bits per heavy atom. The van der Waals surface area contributed by atoms with Crippen LogP contribution in [0.4, 0.5) is 4.79 Å². The van der Waals surface area contributed by atoms with E-state index >= 15 is 0 Å². The molecule has 1 N–H and O–H groups in total. The predicted molar refractivity (Wildman–Crippen MR) is 89.8 cm³/mol. The van der Waals surface area contributed by atoms with Gasteiger partial charge >= 0.3 is 6.03 Å². The van der Waals surface area contributed by atoms with E-state index in [4.69, 9.17) is 9.47 Å². The van der Waals surface area contributed by atoms with Crippen LogP contribution in [0.2, 0.25) is 0 Å². The lowest BCUT2D eigenvalue weighted by atomic mass is 10.2. The van der Waals surface area contributed by atoms with Crippen molar-refractivity contribution in [3.05, 3.63) is 22.4 Å². The summed E-state index contributed by atoms with van der Waals surface area (Å²) < 4.78 is 10.9. The highest BCUT2D eigenvalue weighted by Crippen LogP contribution is 2.25. The molecule has 1 aromatic heterocycles. The van der Waals surface area contributed by atoms with Crippen LogP contribution in [0.1, 0.15) is 17.8 Å². The van der Waals surface area contributed by atoms with Crippen LogP contribution in [-0.4, -0.2) is 74.5 Å². The van der Waals surface area contributed by atoms with Crippen molar-refractivity contribution in [2.45, 2.75) is 19.0 Å². The number of carbonyl (C=O) groups excluding carboxylic acids is 1. The molecule has 0 aromatic carbocycles. The van der Waals surface area contributed by atoms with Gasteiger partial charge in [-0.1, -0.05) is 6.07 Å². The standard InChI is InChI=1S/C16H25N3O3S/c1-13-12-22-9-6-19(13)16(20)17-11-14(15-3-2-10-23-15)18-4-7-21-8-5-18/h2-3,10,13-14H,4-9,11-12H2,1H3,(H,17,20). The first-order chi connectivity index (χ1) is 11.3. The van der Waals surface area contributed by atoms with Gasteiger partial charge in [-0.25, -0.2) is 4.79 Å². The van der Waals surface area contributed by atoms with Crippen LogP contribution in [0.25, 0.3) is 0 Å². The fourth-order valence-electron chi connectivity index (χ4n) is 3.09. The second-order valence-corrected chi connectivity index (χ2v) is 6.96. The van der Waals surface area contributed by atoms with Crippen LogP contribution in [0.15, 0.2) is 17.5 Å². The lowest BCUT2D eigenvalue weighted by Gasteiger charge is -2.36. The highest BCUT2D eigenvalue weighted by Gasteiger charge is 2.27. The molecule has 2 fully saturated rings. The average Bonchev–Trinajstić information content (AvgIpc) is 3.10. The number of morpholine rings is 2. The van der Waals surface area contributed by atoms with E-state index in [1.807, 2.05) is 11.8 Å². The molecule has 2 saturated heterocycles. The molecule has 2 unspecified atom stereocenters. The molecule has 6 nitrogen and oxygen atoms in total.